The van der Waals surface area contributed by atoms with Gasteiger partial charge in [-0.15, -0.1) is 0 Å². The molecule has 3 heteroatoms. The Morgan fingerprint density at radius 2 is 2.27 bits per heavy atom. The second-order valence-corrected chi connectivity index (χ2v) is 3.83. The Bertz CT molecular complexity index is 511. The molecule has 1 aliphatic rings. The van der Waals surface area contributed by atoms with Crippen molar-refractivity contribution in [3.8, 4) is 0 Å². The second-order valence-electron chi connectivity index (χ2n) is 3.83. The summed E-state index contributed by atoms with van der Waals surface area (Å²) in [7, 11) is 0. The van der Waals surface area contributed by atoms with Gasteiger partial charge in [0.05, 0.1) is 19.3 Å². The maximum absolute atomic E-state index is 10.9. The van der Waals surface area contributed by atoms with Crippen LogP contribution < -0.4 is 0 Å². The van der Waals surface area contributed by atoms with Crippen molar-refractivity contribution in [2.75, 3.05) is 6.61 Å². The van der Waals surface area contributed by atoms with E-state index in [0.29, 0.717) is 6.10 Å². The van der Waals surface area contributed by atoms with E-state index in [1.165, 1.54) is 0 Å². The summed E-state index contributed by atoms with van der Waals surface area (Å²) in [5, 5.41) is 1.02. The fraction of sp³-hybridized carbons (Fsp3) is 0.250. The lowest BCUT2D eigenvalue weighted by Gasteiger charge is -2.00. The quantitative estimate of drug-likeness (QED) is 0.561. The highest BCUT2D eigenvalue weighted by molar-refractivity contribution is 5.97. The topological polar surface area (TPSA) is 34.5 Å². The maximum Gasteiger partial charge on any atom is 0.152 e. The van der Waals surface area contributed by atoms with Crippen molar-refractivity contribution in [3.05, 3.63) is 36.0 Å². The summed E-state index contributed by atoms with van der Waals surface area (Å²) in [6.07, 6.45) is 3.15. The number of carbonyl (C=O) groups is 1. The van der Waals surface area contributed by atoms with Gasteiger partial charge in [-0.05, 0) is 6.07 Å². The van der Waals surface area contributed by atoms with Crippen molar-refractivity contribution in [3.63, 3.8) is 0 Å². The van der Waals surface area contributed by atoms with Crippen LogP contribution in [0.1, 0.15) is 10.4 Å². The van der Waals surface area contributed by atoms with Gasteiger partial charge >= 0.3 is 0 Å². The lowest BCUT2D eigenvalue weighted by Crippen LogP contribution is -2.01. The van der Waals surface area contributed by atoms with Crippen LogP contribution in [0.2, 0.25) is 0 Å². The minimum atomic E-state index is 0.334. The van der Waals surface area contributed by atoms with Crippen LogP contribution >= 0.6 is 0 Å². The molecule has 0 saturated carbocycles. The zero-order valence-electron chi connectivity index (χ0n) is 8.22. The summed E-state index contributed by atoms with van der Waals surface area (Å²) >= 11 is 0. The van der Waals surface area contributed by atoms with Gasteiger partial charge in [-0.2, -0.15) is 0 Å². The molecule has 1 aromatic heterocycles. The van der Waals surface area contributed by atoms with E-state index in [4.69, 9.17) is 4.74 Å². The van der Waals surface area contributed by atoms with Gasteiger partial charge in [-0.1, -0.05) is 18.2 Å². The highest BCUT2D eigenvalue weighted by atomic mass is 16.6. The Morgan fingerprint density at radius 3 is 3.00 bits per heavy atom. The van der Waals surface area contributed by atoms with Crippen molar-refractivity contribution in [2.45, 2.75) is 12.6 Å². The van der Waals surface area contributed by atoms with E-state index in [9.17, 15) is 4.79 Å². The van der Waals surface area contributed by atoms with E-state index in [1.807, 2.05) is 30.5 Å². The Hall–Kier alpha value is -1.61. The molecule has 0 aliphatic carbocycles. The van der Waals surface area contributed by atoms with Gasteiger partial charge in [-0.3, -0.25) is 4.79 Å². The molecule has 1 atom stereocenters. The predicted molar refractivity (Wildman–Crippen MR) is 57.1 cm³/mol. The molecule has 0 radical (unpaired) electrons. The summed E-state index contributed by atoms with van der Waals surface area (Å²) < 4.78 is 7.29. The number of aromatic nitrogens is 1. The molecule has 0 amide bonds. The third-order valence-electron chi connectivity index (χ3n) is 2.75. The van der Waals surface area contributed by atoms with Crippen LogP contribution in [0.15, 0.2) is 30.5 Å². The van der Waals surface area contributed by atoms with Gasteiger partial charge in [0.1, 0.15) is 0 Å². The van der Waals surface area contributed by atoms with Crippen LogP contribution in [0.4, 0.5) is 0 Å². The minimum absolute atomic E-state index is 0.334. The molecule has 2 aromatic rings. The number of ether oxygens (including phenoxy) is 1. The predicted octanol–water partition coefficient (Wildman–Crippen LogP) is 1.85. The number of hydrogen-bond donors (Lipinski definition) is 0. The van der Waals surface area contributed by atoms with Crippen LogP contribution in [-0.2, 0) is 11.3 Å². The van der Waals surface area contributed by atoms with Crippen LogP contribution in [0.3, 0.4) is 0 Å². The Kier molecular flexibility index (Phi) is 1.86. The number of hydrogen-bond acceptors (Lipinski definition) is 2. The van der Waals surface area contributed by atoms with Gasteiger partial charge in [0, 0.05) is 22.7 Å². The fourth-order valence-electron chi connectivity index (χ4n) is 1.91. The Morgan fingerprint density at radius 1 is 1.47 bits per heavy atom. The van der Waals surface area contributed by atoms with E-state index in [0.717, 1.165) is 35.9 Å². The van der Waals surface area contributed by atoms with Gasteiger partial charge in [0.25, 0.3) is 0 Å². The maximum atomic E-state index is 10.9. The molecule has 76 valence electrons. The molecule has 0 bridgehead atoms. The molecule has 3 rings (SSSR count). The first-order valence-corrected chi connectivity index (χ1v) is 5.03. The normalized spacial score (nSPS) is 19.3. The number of aldehydes is 1. The first-order valence-electron chi connectivity index (χ1n) is 5.03. The Labute approximate surface area is 87.3 Å². The zero-order valence-corrected chi connectivity index (χ0v) is 8.22. The van der Waals surface area contributed by atoms with Crippen LogP contribution in [0.5, 0.6) is 0 Å². The van der Waals surface area contributed by atoms with Gasteiger partial charge < -0.3 is 9.30 Å². The number of fused-ring (bicyclic) bond motifs is 1. The molecule has 0 N–H and O–H groups in total. The lowest BCUT2D eigenvalue weighted by molar-refractivity contribution is 0.112. The number of nitrogens with zero attached hydrogens (tertiary/aromatic N) is 1. The standard InChI is InChI=1S/C12H11NO2/c14-7-9-5-13(6-10-8-15-10)12-4-2-1-3-11(9)12/h1-5,7,10H,6,8H2/t10-/m1/s1. The molecule has 3 nitrogen and oxygen atoms in total. The molecule has 1 fully saturated rings. The number of benzene rings is 1. The highest BCUT2D eigenvalue weighted by Crippen LogP contribution is 2.22. The zero-order chi connectivity index (χ0) is 10.3. The van der Waals surface area contributed by atoms with E-state index in [-0.39, 0.29) is 0 Å². The Balaban J connectivity index is 2.15. The monoisotopic (exact) mass is 201 g/mol. The van der Waals surface area contributed by atoms with E-state index in [1.54, 1.807) is 0 Å². The summed E-state index contributed by atoms with van der Waals surface area (Å²) in [5.74, 6) is 0. The van der Waals surface area contributed by atoms with E-state index in [2.05, 4.69) is 4.57 Å². The molecule has 1 saturated heterocycles. The number of rotatable bonds is 3. The molecule has 0 spiro atoms. The lowest BCUT2D eigenvalue weighted by atomic mass is 10.2. The third kappa shape index (κ3) is 1.45. The van der Waals surface area contributed by atoms with Gasteiger partial charge in [-0.25, -0.2) is 0 Å². The minimum Gasteiger partial charge on any atom is -0.371 e. The van der Waals surface area contributed by atoms with Crippen molar-refractivity contribution in [1.82, 2.24) is 4.57 Å². The van der Waals surface area contributed by atoms with E-state index >= 15 is 0 Å². The summed E-state index contributed by atoms with van der Waals surface area (Å²) in [4.78, 5) is 10.9. The first-order chi connectivity index (χ1) is 7.38. The second kappa shape index (κ2) is 3.21. The third-order valence-corrected chi connectivity index (χ3v) is 2.75. The van der Waals surface area contributed by atoms with Gasteiger partial charge in [0.2, 0.25) is 0 Å². The largest absolute Gasteiger partial charge is 0.371 e. The number of carbonyl (C=O) groups excluding carboxylic acids is 1. The summed E-state index contributed by atoms with van der Waals surface area (Å²) in [6.45, 7) is 1.68. The number of epoxide rings is 1. The highest BCUT2D eigenvalue weighted by Gasteiger charge is 2.23. The van der Waals surface area contributed by atoms with Gasteiger partial charge in [0.15, 0.2) is 6.29 Å². The van der Waals surface area contributed by atoms with Crippen LogP contribution in [-0.4, -0.2) is 23.6 Å². The molecule has 1 aliphatic heterocycles. The summed E-state index contributed by atoms with van der Waals surface area (Å²) in [5.41, 5.74) is 1.86. The van der Waals surface area contributed by atoms with Crippen molar-refractivity contribution >= 4 is 17.2 Å². The van der Waals surface area contributed by atoms with E-state index < -0.39 is 0 Å². The van der Waals surface area contributed by atoms with Crippen LogP contribution in [0.25, 0.3) is 10.9 Å². The van der Waals surface area contributed by atoms with Crippen molar-refractivity contribution in [2.24, 2.45) is 0 Å². The van der Waals surface area contributed by atoms with Crippen molar-refractivity contribution in [1.29, 1.82) is 0 Å². The average molecular weight is 201 g/mol. The molecule has 15 heavy (non-hydrogen) atoms. The molecular weight excluding hydrogens is 190 g/mol. The smallest absolute Gasteiger partial charge is 0.152 e. The summed E-state index contributed by atoms with van der Waals surface area (Å²) in [6, 6.07) is 7.95. The molecule has 1 aromatic carbocycles. The molecule has 0 unspecified atom stereocenters. The van der Waals surface area contributed by atoms with Crippen molar-refractivity contribution < 1.29 is 9.53 Å². The molecule has 2 heterocycles. The average Bonchev–Trinajstić information content (AvgIpc) is 3.01. The SMILES string of the molecule is O=Cc1cn(C[C@@H]2CO2)c2ccccc12. The first kappa shape index (κ1) is 8.68. The fourth-order valence-corrected chi connectivity index (χ4v) is 1.91. The van der Waals surface area contributed by atoms with Crippen LogP contribution in [0, 0.1) is 0 Å². The molecular formula is C12H11NO2. The number of para-hydroxylation sites is 1.